The molecular formula is C14H20N4O5S. The first kappa shape index (κ1) is 18.3. The molecule has 1 aromatic carbocycles. The van der Waals surface area contributed by atoms with Crippen LogP contribution in [-0.2, 0) is 14.8 Å². The SMILES string of the molecule is Cc1ccc(S(=O)(=O)N(C)CC(=O)N2CCNCC2)cc1[N+](=O)[O-]. The van der Waals surface area contributed by atoms with E-state index in [9.17, 15) is 23.3 Å². The summed E-state index contributed by atoms with van der Waals surface area (Å²) in [5.74, 6) is -0.288. The number of nitro benzene ring substituents is 1. The number of aryl methyl sites for hydroxylation is 1. The van der Waals surface area contributed by atoms with Crippen LogP contribution in [0.3, 0.4) is 0 Å². The van der Waals surface area contributed by atoms with E-state index in [1.165, 1.54) is 26.1 Å². The quantitative estimate of drug-likeness (QED) is 0.585. The van der Waals surface area contributed by atoms with Gasteiger partial charge in [-0.2, -0.15) is 4.31 Å². The molecule has 10 heteroatoms. The summed E-state index contributed by atoms with van der Waals surface area (Å²) in [6, 6.07) is 3.72. The normalized spacial score (nSPS) is 15.5. The van der Waals surface area contributed by atoms with Gasteiger partial charge >= 0.3 is 0 Å². The molecule has 2 rings (SSSR count). The smallest absolute Gasteiger partial charge is 0.273 e. The number of amides is 1. The first-order chi connectivity index (χ1) is 11.2. The standard InChI is InChI=1S/C14H20N4O5S/c1-11-3-4-12(9-13(11)18(20)21)24(22,23)16(2)10-14(19)17-7-5-15-6-8-17/h3-4,9,15H,5-8,10H2,1-2H3. The molecule has 1 aromatic rings. The number of nitrogens with zero attached hydrogens (tertiary/aromatic N) is 3. The maximum absolute atomic E-state index is 12.6. The van der Waals surface area contributed by atoms with Crippen LogP contribution in [0.15, 0.2) is 23.1 Å². The molecule has 1 aliphatic heterocycles. The van der Waals surface area contributed by atoms with Crippen LogP contribution in [0.2, 0.25) is 0 Å². The third kappa shape index (κ3) is 3.89. The molecule has 1 saturated heterocycles. The first-order valence-electron chi connectivity index (χ1n) is 7.43. The Bertz CT molecular complexity index is 744. The number of carbonyl (C=O) groups is 1. The van der Waals surface area contributed by atoms with Crippen molar-refractivity contribution in [1.29, 1.82) is 0 Å². The molecule has 0 aromatic heterocycles. The Labute approximate surface area is 140 Å². The van der Waals surface area contributed by atoms with Crippen LogP contribution >= 0.6 is 0 Å². The Morgan fingerprint density at radius 3 is 2.58 bits per heavy atom. The molecule has 1 aliphatic rings. The van der Waals surface area contributed by atoms with Crippen LogP contribution in [0.5, 0.6) is 0 Å². The number of carbonyl (C=O) groups excluding carboxylic acids is 1. The van der Waals surface area contributed by atoms with Crippen LogP contribution in [0.25, 0.3) is 0 Å². The highest BCUT2D eigenvalue weighted by atomic mass is 32.2. The summed E-state index contributed by atoms with van der Waals surface area (Å²) >= 11 is 0. The van der Waals surface area contributed by atoms with Gasteiger partial charge in [0.2, 0.25) is 15.9 Å². The molecule has 1 fully saturated rings. The van der Waals surface area contributed by atoms with E-state index in [4.69, 9.17) is 0 Å². The van der Waals surface area contributed by atoms with Crippen molar-refractivity contribution in [3.05, 3.63) is 33.9 Å². The molecule has 0 unspecified atom stereocenters. The van der Waals surface area contributed by atoms with Crippen molar-refractivity contribution in [1.82, 2.24) is 14.5 Å². The minimum atomic E-state index is -3.98. The van der Waals surface area contributed by atoms with Gasteiger partial charge in [-0.1, -0.05) is 6.07 Å². The Morgan fingerprint density at radius 2 is 2.00 bits per heavy atom. The van der Waals surface area contributed by atoms with Gasteiger partial charge < -0.3 is 10.2 Å². The second kappa shape index (κ2) is 7.24. The summed E-state index contributed by atoms with van der Waals surface area (Å²) in [4.78, 5) is 24.0. The average Bonchev–Trinajstić information content (AvgIpc) is 2.55. The third-order valence-electron chi connectivity index (χ3n) is 3.91. The van der Waals surface area contributed by atoms with Gasteiger partial charge in [-0.25, -0.2) is 8.42 Å². The maximum Gasteiger partial charge on any atom is 0.273 e. The average molecular weight is 356 g/mol. The molecule has 0 spiro atoms. The fourth-order valence-electron chi connectivity index (χ4n) is 2.42. The second-order valence-electron chi connectivity index (χ2n) is 5.60. The van der Waals surface area contributed by atoms with Crippen molar-refractivity contribution < 1.29 is 18.1 Å². The lowest BCUT2D eigenvalue weighted by molar-refractivity contribution is -0.385. The van der Waals surface area contributed by atoms with E-state index in [1.807, 2.05) is 0 Å². The first-order valence-corrected chi connectivity index (χ1v) is 8.87. The number of likely N-dealkylation sites (N-methyl/N-ethyl adjacent to an activating group) is 1. The van der Waals surface area contributed by atoms with Crippen molar-refractivity contribution in [3.63, 3.8) is 0 Å². The lowest BCUT2D eigenvalue weighted by Crippen LogP contribution is -2.49. The minimum absolute atomic E-state index is 0.199. The molecular weight excluding hydrogens is 336 g/mol. The molecule has 9 nitrogen and oxygen atoms in total. The number of benzene rings is 1. The van der Waals surface area contributed by atoms with Crippen LogP contribution in [-0.4, -0.2) is 68.2 Å². The van der Waals surface area contributed by atoms with Gasteiger partial charge in [-0.05, 0) is 13.0 Å². The minimum Gasteiger partial charge on any atom is -0.339 e. The molecule has 132 valence electrons. The Hall–Kier alpha value is -2.04. The maximum atomic E-state index is 12.6. The summed E-state index contributed by atoms with van der Waals surface area (Å²) in [5, 5.41) is 14.1. The zero-order valence-electron chi connectivity index (χ0n) is 13.6. The van der Waals surface area contributed by atoms with E-state index >= 15 is 0 Å². The fourth-order valence-corrected chi connectivity index (χ4v) is 3.56. The molecule has 1 heterocycles. The fraction of sp³-hybridized carbons (Fsp3) is 0.500. The lowest BCUT2D eigenvalue weighted by atomic mass is 10.2. The van der Waals surface area contributed by atoms with Gasteiger partial charge in [0.25, 0.3) is 5.69 Å². The Balaban J connectivity index is 2.18. The van der Waals surface area contributed by atoms with Gasteiger partial charge in [-0.3, -0.25) is 14.9 Å². The number of piperazine rings is 1. The van der Waals surface area contributed by atoms with Crippen molar-refractivity contribution >= 4 is 21.6 Å². The monoisotopic (exact) mass is 356 g/mol. The van der Waals surface area contributed by atoms with E-state index < -0.39 is 14.9 Å². The number of sulfonamides is 1. The lowest BCUT2D eigenvalue weighted by Gasteiger charge is -2.29. The number of nitrogens with one attached hydrogen (secondary N) is 1. The highest BCUT2D eigenvalue weighted by Gasteiger charge is 2.27. The molecule has 0 saturated carbocycles. The summed E-state index contributed by atoms with van der Waals surface area (Å²) in [6.07, 6.45) is 0. The van der Waals surface area contributed by atoms with E-state index in [1.54, 1.807) is 4.90 Å². The number of hydrogen-bond acceptors (Lipinski definition) is 6. The van der Waals surface area contributed by atoms with Gasteiger partial charge in [0.15, 0.2) is 0 Å². The number of hydrogen-bond donors (Lipinski definition) is 1. The van der Waals surface area contributed by atoms with Crippen LogP contribution in [0, 0.1) is 17.0 Å². The summed E-state index contributed by atoms with van der Waals surface area (Å²) in [6.45, 7) is 3.64. The predicted molar refractivity (Wildman–Crippen MR) is 87.1 cm³/mol. The molecule has 24 heavy (non-hydrogen) atoms. The summed E-state index contributed by atoms with van der Waals surface area (Å²) in [7, 11) is -2.69. The highest BCUT2D eigenvalue weighted by molar-refractivity contribution is 7.89. The molecule has 1 amide bonds. The van der Waals surface area contributed by atoms with Crippen molar-refractivity contribution in [2.45, 2.75) is 11.8 Å². The van der Waals surface area contributed by atoms with E-state index in [0.29, 0.717) is 31.7 Å². The molecule has 0 aliphatic carbocycles. The zero-order chi connectivity index (χ0) is 17.9. The van der Waals surface area contributed by atoms with E-state index in [2.05, 4.69) is 5.32 Å². The van der Waals surface area contributed by atoms with Gasteiger partial charge in [0, 0.05) is 44.9 Å². The summed E-state index contributed by atoms with van der Waals surface area (Å²) in [5.41, 5.74) is 0.108. The molecule has 0 radical (unpaired) electrons. The second-order valence-corrected chi connectivity index (χ2v) is 7.64. The third-order valence-corrected chi connectivity index (χ3v) is 5.71. The highest BCUT2D eigenvalue weighted by Crippen LogP contribution is 2.24. The predicted octanol–water partition coefficient (Wildman–Crippen LogP) is -0.0445. The molecule has 0 bridgehead atoms. The van der Waals surface area contributed by atoms with Crippen molar-refractivity contribution in [2.75, 3.05) is 39.8 Å². The van der Waals surface area contributed by atoms with Gasteiger partial charge in [0.05, 0.1) is 16.4 Å². The van der Waals surface area contributed by atoms with Crippen LogP contribution in [0.4, 0.5) is 5.69 Å². The zero-order valence-corrected chi connectivity index (χ0v) is 14.4. The number of nitro groups is 1. The van der Waals surface area contributed by atoms with Crippen LogP contribution < -0.4 is 5.32 Å². The van der Waals surface area contributed by atoms with Crippen molar-refractivity contribution in [3.8, 4) is 0 Å². The summed E-state index contributed by atoms with van der Waals surface area (Å²) < 4.78 is 26.0. The Kier molecular flexibility index (Phi) is 5.52. The molecule has 0 atom stereocenters. The van der Waals surface area contributed by atoms with Gasteiger partial charge in [0.1, 0.15) is 0 Å². The topological polar surface area (TPSA) is 113 Å². The van der Waals surface area contributed by atoms with E-state index in [0.717, 1.165) is 10.4 Å². The largest absolute Gasteiger partial charge is 0.339 e. The van der Waals surface area contributed by atoms with Crippen LogP contribution in [0.1, 0.15) is 5.56 Å². The van der Waals surface area contributed by atoms with Crippen molar-refractivity contribution in [2.24, 2.45) is 0 Å². The molecule has 1 N–H and O–H groups in total. The number of rotatable bonds is 5. The van der Waals surface area contributed by atoms with Gasteiger partial charge in [-0.15, -0.1) is 0 Å². The Morgan fingerprint density at radius 1 is 1.38 bits per heavy atom. The van der Waals surface area contributed by atoms with E-state index in [-0.39, 0.29) is 23.0 Å².